The fourth-order valence-corrected chi connectivity index (χ4v) is 2.49. The van der Waals surface area contributed by atoms with E-state index in [-0.39, 0.29) is 0 Å². The molecule has 2 heterocycles. The summed E-state index contributed by atoms with van der Waals surface area (Å²) >= 11 is 0. The van der Waals surface area contributed by atoms with Crippen molar-refractivity contribution in [1.82, 2.24) is 4.90 Å². The second-order valence-electron chi connectivity index (χ2n) is 3.93. The third-order valence-corrected chi connectivity index (χ3v) is 3.11. The van der Waals surface area contributed by atoms with Crippen LogP contribution in [0.2, 0.25) is 0 Å². The lowest BCUT2D eigenvalue weighted by molar-refractivity contribution is 0.189. The highest BCUT2D eigenvalue weighted by Crippen LogP contribution is 2.29. The standard InChI is InChI=1S/C9H17NO/c11-7-8-5-9-3-1-2-4-10(9)6-8/h8-9,11H,1-7H2/t8-,9-/m0/s1. The summed E-state index contributed by atoms with van der Waals surface area (Å²) in [5, 5.41) is 8.99. The summed E-state index contributed by atoms with van der Waals surface area (Å²) in [6.45, 7) is 2.83. The Morgan fingerprint density at radius 2 is 2.27 bits per heavy atom. The minimum absolute atomic E-state index is 0.396. The Labute approximate surface area is 68.2 Å². The number of rotatable bonds is 1. The minimum atomic E-state index is 0.396. The Balaban J connectivity index is 1.92. The summed E-state index contributed by atoms with van der Waals surface area (Å²) < 4.78 is 0. The number of aliphatic hydroxyl groups excluding tert-OH is 1. The molecule has 0 amide bonds. The topological polar surface area (TPSA) is 23.5 Å². The van der Waals surface area contributed by atoms with Crippen LogP contribution in [0.15, 0.2) is 0 Å². The Morgan fingerprint density at radius 3 is 3.00 bits per heavy atom. The maximum Gasteiger partial charge on any atom is 0.0472 e. The van der Waals surface area contributed by atoms with Gasteiger partial charge in [-0.15, -0.1) is 0 Å². The molecular formula is C9H17NO. The first-order chi connectivity index (χ1) is 5.40. The lowest BCUT2D eigenvalue weighted by Gasteiger charge is -2.28. The number of fused-ring (bicyclic) bond motifs is 1. The van der Waals surface area contributed by atoms with Crippen molar-refractivity contribution in [2.24, 2.45) is 5.92 Å². The Hall–Kier alpha value is -0.0800. The molecule has 0 aliphatic carbocycles. The van der Waals surface area contributed by atoms with E-state index in [1.165, 1.54) is 32.2 Å². The number of hydrogen-bond acceptors (Lipinski definition) is 2. The minimum Gasteiger partial charge on any atom is -0.396 e. The van der Waals surface area contributed by atoms with Crippen molar-refractivity contribution in [1.29, 1.82) is 0 Å². The summed E-state index contributed by atoms with van der Waals surface area (Å²) in [5.41, 5.74) is 0. The first-order valence-electron chi connectivity index (χ1n) is 4.75. The van der Waals surface area contributed by atoms with Crippen LogP contribution in [0.25, 0.3) is 0 Å². The van der Waals surface area contributed by atoms with Gasteiger partial charge in [-0.05, 0) is 31.7 Å². The van der Waals surface area contributed by atoms with Gasteiger partial charge in [0, 0.05) is 19.2 Å². The van der Waals surface area contributed by atoms with Crippen molar-refractivity contribution in [3.05, 3.63) is 0 Å². The molecule has 0 bridgehead atoms. The average molecular weight is 155 g/mol. The first-order valence-corrected chi connectivity index (χ1v) is 4.75. The Bertz CT molecular complexity index is 124. The normalized spacial score (nSPS) is 39.0. The van der Waals surface area contributed by atoms with Crippen molar-refractivity contribution in [3.63, 3.8) is 0 Å². The molecule has 0 radical (unpaired) electrons. The lowest BCUT2D eigenvalue weighted by Crippen LogP contribution is -2.34. The molecule has 2 heteroatoms. The fraction of sp³-hybridized carbons (Fsp3) is 1.00. The van der Waals surface area contributed by atoms with Crippen LogP contribution in [0.1, 0.15) is 25.7 Å². The third kappa shape index (κ3) is 1.42. The van der Waals surface area contributed by atoms with Crippen LogP contribution in [0, 0.1) is 5.92 Å². The summed E-state index contributed by atoms with van der Waals surface area (Å²) in [4.78, 5) is 2.56. The van der Waals surface area contributed by atoms with Crippen molar-refractivity contribution < 1.29 is 5.11 Å². The molecule has 2 saturated heterocycles. The van der Waals surface area contributed by atoms with E-state index in [0.717, 1.165) is 12.6 Å². The number of aliphatic hydroxyl groups is 1. The van der Waals surface area contributed by atoms with Gasteiger partial charge < -0.3 is 10.0 Å². The summed E-state index contributed by atoms with van der Waals surface area (Å²) in [7, 11) is 0. The van der Waals surface area contributed by atoms with Crippen molar-refractivity contribution in [3.8, 4) is 0 Å². The molecule has 0 spiro atoms. The van der Waals surface area contributed by atoms with Crippen LogP contribution < -0.4 is 0 Å². The monoisotopic (exact) mass is 155 g/mol. The van der Waals surface area contributed by atoms with Gasteiger partial charge in [-0.1, -0.05) is 6.42 Å². The second-order valence-corrected chi connectivity index (χ2v) is 3.93. The molecule has 2 rings (SSSR count). The molecule has 0 aromatic rings. The van der Waals surface area contributed by atoms with Gasteiger partial charge in [0.1, 0.15) is 0 Å². The van der Waals surface area contributed by atoms with Crippen LogP contribution in [0.4, 0.5) is 0 Å². The van der Waals surface area contributed by atoms with E-state index in [0.29, 0.717) is 12.5 Å². The fourth-order valence-electron chi connectivity index (χ4n) is 2.49. The van der Waals surface area contributed by atoms with E-state index in [2.05, 4.69) is 4.90 Å². The van der Waals surface area contributed by atoms with Crippen molar-refractivity contribution >= 4 is 0 Å². The van der Waals surface area contributed by atoms with Gasteiger partial charge >= 0.3 is 0 Å². The van der Waals surface area contributed by atoms with Crippen LogP contribution >= 0.6 is 0 Å². The number of piperidine rings is 1. The molecule has 0 aromatic carbocycles. The zero-order chi connectivity index (χ0) is 7.68. The molecule has 2 fully saturated rings. The van der Waals surface area contributed by atoms with E-state index < -0.39 is 0 Å². The SMILES string of the molecule is OC[C@H]1C[C@@H]2CCCCN2C1. The summed E-state index contributed by atoms with van der Waals surface area (Å²) in [6, 6.07) is 0.820. The molecule has 0 aromatic heterocycles. The molecule has 0 unspecified atom stereocenters. The molecule has 64 valence electrons. The second kappa shape index (κ2) is 3.11. The molecule has 2 aliphatic rings. The predicted molar refractivity (Wildman–Crippen MR) is 44.4 cm³/mol. The number of hydrogen-bond donors (Lipinski definition) is 1. The zero-order valence-electron chi connectivity index (χ0n) is 7.00. The Morgan fingerprint density at radius 1 is 1.36 bits per heavy atom. The highest BCUT2D eigenvalue weighted by Gasteiger charge is 2.32. The largest absolute Gasteiger partial charge is 0.396 e. The van der Waals surface area contributed by atoms with Gasteiger partial charge in [-0.2, -0.15) is 0 Å². The van der Waals surface area contributed by atoms with Crippen LogP contribution in [-0.2, 0) is 0 Å². The van der Waals surface area contributed by atoms with Gasteiger partial charge in [0.25, 0.3) is 0 Å². The van der Waals surface area contributed by atoms with E-state index in [9.17, 15) is 0 Å². The maximum atomic E-state index is 8.99. The quantitative estimate of drug-likeness (QED) is 0.607. The smallest absolute Gasteiger partial charge is 0.0472 e. The third-order valence-electron chi connectivity index (χ3n) is 3.11. The van der Waals surface area contributed by atoms with Gasteiger partial charge in [0.05, 0.1) is 0 Å². The zero-order valence-corrected chi connectivity index (χ0v) is 7.00. The van der Waals surface area contributed by atoms with Crippen LogP contribution in [0.3, 0.4) is 0 Å². The molecule has 2 nitrogen and oxygen atoms in total. The molecule has 11 heavy (non-hydrogen) atoms. The van der Waals surface area contributed by atoms with E-state index in [1.807, 2.05) is 0 Å². The Kier molecular flexibility index (Phi) is 2.14. The van der Waals surface area contributed by atoms with E-state index in [1.54, 1.807) is 0 Å². The average Bonchev–Trinajstić information content (AvgIpc) is 2.46. The predicted octanol–water partition coefficient (Wildman–Crippen LogP) is 0.853. The highest BCUT2D eigenvalue weighted by molar-refractivity contribution is 4.87. The molecule has 2 atom stereocenters. The van der Waals surface area contributed by atoms with Crippen LogP contribution in [0.5, 0.6) is 0 Å². The van der Waals surface area contributed by atoms with Gasteiger partial charge in [-0.3, -0.25) is 0 Å². The maximum absolute atomic E-state index is 8.99. The van der Waals surface area contributed by atoms with Gasteiger partial charge in [0.2, 0.25) is 0 Å². The van der Waals surface area contributed by atoms with Gasteiger partial charge in [-0.25, -0.2) is 0 Å². The molecule has 0 saturated carbocycles. The molecule has 1 N–H and O–H groups in total. The first kappa shape index (κ1) is 7.56. The van der Waals surface area contributed by atoms with Crippen molar-refractivity contribution in [2.75, 3.05) is 19.7 Å². The van der Waals surface area contributed by atoms with Crippen molar-refractivity contribution in [2.45, 2.75) is 31.7 Å². The van der Waals surface area contributed by atoms with Crippen LogP contribution in [-0.4, -0.2) is 35.7 Å². The summed E-state index contributed by atoms with van der Waals surface area (Å²) in [5.74, 6) is 0.582. The lowest BCUT2D eigenvalue weighted by atomic mass is 10.0. The molecular weight excluding hydrogens is 138 g/mol. The van der Waals surface area contributed by atoms with Gasteiger partial charge in [0.15, 0.2) is 0 Å². The number of nitrogens with zero attached hydrogens (tertiary/aromatic N) is 1. The molecule has 2 aliphatic heterocycles. The summed E-state index contributed by atoms with van der Waals surface area (Å²) in [6.07, 6.45) is 5.39. The highest BCUT2D eigenvalue weighted by atomic mass is 16.3. The van der Waals surface area contributed by atoms with E-state index >= 15 is 0 Å². The van der Waals surface area contributed by atoms with E-state index in [4.69, 9.17) is 5.11 Å².